The summed E-state index contributed by atoms with van der Waals surface area (Å²) in [5.74, 6) is -0.612. The van der Waals surface area contributed by atoms with Gasteiger partial charge < -0.3 is 9.84 Å². The Morgan fingerprint density at radius 3 is 2.29 bits per heavy atom. The number of pyridine rings is 1. The van der Waals surface area contributed by atoms with Gasteiger partial charge in [-0.2, -0.15) is 0 Å². The molecule has 110 valence electrons. The van der Waals surface area contributed by atoms with Gasteiger partial charge in [0.2, 0.25) is 5.88 Å². The summed E-state index contributed by atoms with van der Waals surface area (Å²) in [7, 11) is 0. The fraction of sp³-hybridized carbons (Fsp3) is 0.250. The highest BCUT2D eigenvalue weighted by Gasteiger charge is 2.16. The molecule has 1 N–H and O–H groups in total. The van der Waals surface area contributed by atoms with E-state index in [1.165, 1.54) is 12.1 Å². The lowest BCUT2D eigenvalue weighted by atomic mass is 9.87. The standard InChI is InChI=1S/C16H16ClNO3/c1-16(2,3)10-4-6-11(7-5-10)21-14-12(15(19)20)8-9-13(17)18-14/h4-9H,1-3H3,(H,19,20). The van der Waals surface area contributed by atoms with E-state index >= 15 is 0 Å². The van der Waals surface area contributed by atoms with Crippen LogP contribution < -0.4 is 4.74 Å². The number of halogens is 1. The maximum Gasteiger partial charge on any atom is 0.341 e. The van der Waals surface area contributed by atoms with E-state index in [9.17, 15) is 4.79 Å². The van der Waals surface area contributed by atoms with Gasteiger partial charge in [0.05, 0.1) is 0 Å². The van der Waals surface area contributed by atoms with Gasteiger partial charge in [-0.05, 0) is 35.2 Å². The Labute approximate surface area is 128 Å². The van der Waals surface area contributed by atoms with Gasteiger partial charge in [-0.1, -0.05) is 44.5 Å². The van der Waals surface area contributed by atoms with Gasteiger partial charge in [0.15, 0.2) is 0 Å². The highest BCUT2D eigenvalue weighted by Crippen LogP contribution is 2.28. The first kappa shape index (κ1) is 15.3. The molecule has 0 spiro atoms. The molecule has 0 aliphatic heterocycles. The average Bonchev–Trinajstić information content (AvgIpc) is 2.38. The molecule has 21 heavy (non-hydrogen) atoms. The second kappa shape index (κ2) is 5.74. The number of carboxylic acid groups (broad SMARTS) is 1. The van der Waals surface area contributed by atoms with Crippen LogP contribution in [0.25, 0.3) is 0 Å². The van der Waals surface area contributed by atoms with Gasteiger partial charge in [-0.3, -0.25) is 0 Å². The number of aromatic carboxylic acids is 1. The quantitative estimate of drug-likeness (QED) is 0.847. The number of benzene rings is 1. The van der Waals surface area contributed by atoms with Crippen LogP contribution in [0.15, 0.2) is 36.4 Å². The minimum Gasteiger partial charge on any atom is -0.477 e. The predicted molar refractivity (Wildman–Crippen MR) is 81.4 cm³/mol. The minimum absolute atomic E-state index is 0.0153. The molecule has 1 heterocycles. The van der Waals surface area contributed by atoms with Crippen molar-refractivity contribution in [3.63, 3.8) is 0 Å². The van der Waals surface area contributed by atoms with Crippen LogP contribution in [-0.4, -0.2) is 16.1 Å². The number of hydrogen-bond donors (Lipinski definition) is 1. The third-order valence-electron chi connectivity index (χ3n) is 2.99. The largest absolute Gasteiger partial charge is 0.477 e. The van der Waals surface area contributed by atoms with Crippen LogP contribution >= 0.6 is 11.6 Å². The molecule has 2 rings (SSSR count). The lowest BCUT2D eigenvalue weighted by Crippen LogP contribution is -2.10. The lowest BCUT2D eigenvalue weighted by molar-refractivity contribution is 0.0693. The molecule has 4 nitrogen and oxygen atoms in total. The molecule has 1 aromatic heterocycles. The molecular weight excluding hydrogens is 290 g/mol. The fourth-order valence-electron chi connectivity index (χ4n) is 1.79. The number of nitrogens with zero attached hydrogens (tertiary/aromatic N) is 1. The van der Waals surface area contributed by atoms with E-state index in [4.69, 9.17) is 21.4 Å². The molecule has 0 atom stereocenters. The second-order valence-electron chi connectivity index (χ2n) is 5.67. The molecule has 1 aromatic carbocycles. The molecular formula is C16H16ClNO3. The van der Waals surface area contributed by atoms with Gasteiger partial charge in [-0.15, -0.1) is 0 Å². The Morgan fingerprint density at radius 1 is 1.14 bits per heavy atom. The number of rotatable bonds is 3. The first-order valence-corrected chi connectivity index (χ1v) is 6.83. The third kappa shape index (κ3) is 3.73. The SMILES string of the molecule is CC(C)(C)c1ccc(Oc2nc(Cl)ccc2C(=O)O)cc1. The molecule has 0 bridgehead atoms. The molecule has 0 aliphatic rings. The minimum atomic E-state index is -1.11. The Hall–Kier alpha value is -2.07. The Morgan fingerprint density at radius 2 is 1.76 bits per heavy atom. The van der Waals surface area contributed by atoms with E-state index < -0.39 is 5.97 Å². The van der Waals surface area contributed by atoms with Crippen LogP contribution in [0.2, 0.25) is 5.15 Å². The average molecular weight is 306 g/mol. The lowest BCUT2D eigenvalue weighted by Gasteiger charge is -2.19. The van der Waals surface area contributed by atoms with E-state index in [0.717, 1.165) is 5.56 Å². The van der Waals surface area contributed by atoms with Gasteiger partial charge in [-0.25, -0.2) is 9.78 Å². The van der Waals surface area contributed by atoms with Crippen molar-refractivity contribution in [3.05, 3.63) is 52.7 Å². The Balaban J connectivity index is 2.30. The van der Waals surface area contributed by atoms with Crippen LogP contribution in [0.1, 0.15) is 36.7 Å². The van der Waals surface area contributed by atoms with Crippen molar-refractivity contribution in [1.29, 1.82) is 0 Å². The molecule has 0 aliphatic carbocycles. The van der Waals surface area contributed by atoms with Crippen molar-refractivity contribution in [2.45, 2.75) is 26.2 Å². The van der Waals surface area contributed by atoms with E-state index in [-0.39, 0.29) is 22.0 Å². The van der Waals surface area contributed by atoms with Crippen LogP contribution in [0.5, 0.6) is 11.6 Å². The van der Waals surface area contributed by atoms with Crippen molar-refractivity contribution >= 4 is 17.6 Å². The highest BCUT2D eigenvalue weighted by atomic mass is 35.5. The predicted octanol–water partition coefficient (Wildman–Crippen LogP) is 4.52. The Bertz CT molecular complexity index is 660. The zero-order chi connectivity index (χ0) is 15.6. The number of aromatic nitrogens is 1. The van der Waals surface area contributed by atoms with Crippen molar-refractivity contribution in [3.8, 4) is 11.6 Å². The summed E-state index contributed by atoms with van der Waals surface area (Å²) >= 11 is 5.79. The smallest absolute Gasteiger partial charge is 0.341 e. The molecule has 5 heteroatoms. The maximum absolute atomic E-state index is 11.1. The van der Waals surface area contributed by atoms with E-state index in [1.54, 1.807) is 12.1 Å². The molecule has 0 saturated heterocycles. The summed E-state index contributed by atoms with van der Waals surface area (Å²) < 4.78 is 5.54. The number of carbonyl (C=O) groups is 1. The third-order valence-corrected chi connectivity index (χ3v) is 3.20. The zero-order valence-corrected chi connectivity index (χ0v) is 12.8. The summed E-state index contributed by atoms with van der Waals surface area (Å²) in [6, 6.07) is 10.3. The number of carboxylic acids is 1. The van der Waals surface area contributed by atoms with Gasteiger partial charge >= 0.3 is 5.97 Å². The van der Waals surface area contributed by atoms with Crippen LogP contribution in [0, 0.1) is 0 Å². The topological polar surface area (TPSA) is 59.4 Å². The Kier molecular flexibility index (Phi) is 4.19. The summed E-state index contributed by atoms with van der Waals surface area (Å²) in [5, 5.41) is 9.30. The second-order valence-corrected chi connectivity index (χ2v) is 6.06. The summed E-state index contributed by atoms with van der Waals surface area (Å²) in [6.07, 6.45) is 0. The molecule has 2 aromatic rings. The van der Waals surface area contributed by atoms with E-state index in [2.05, 4.69) is 25.8 Å². The maximum atomic E-state index is 11.1. The molecule has 0 amide bonds. The molecule has 0 radical (unpaired) electrons. The normalized spacial score (nSPS) is 11.2. The van der Waals surface area contributed by atoms with Gasteiger partial charge in [0, 0.05) is 0 Å². The first-order chi connectivity index (χ1) is 9.77. The number of ether oxygens (including phenoxy) is 1. The fourth-order valence-corrected chi connectivity index (χ4v) is 1.93. The zero-order valence-electron chi connectivity index (χ0n) is 12.1. The molecule has 0 unspecified atom stereocenters. The summed E-state index contributed by atoms with van der Waals surface area (Å²) in [4.78, 5) is 15.1. The summed E-state index contributed by atoms with van der Waals surface area (Å²) in [5.41, 5.74) is 1.17. The van der Waals surface area contributed by atoms with Crippen molar-refractivity contribution in [2.24, 2.45) is 0 Å². The van der Waals surface area contributed by atoms with Crippen molar-refractivity contribution < 1.29 is 14.6 Å². The highest BCUT2D eigenvalue weighted by molar-refractivity contribution is 6.29. The van der Waals surface area contributed by atoms with Gasteiger partial charge in [0.1, 0.15) is 16.5 Å². The van der Waals surface area contributed by atoms with E-state index in [1.807, 2.05) is 12.1 Å². The molecule has 0 saturated carbocycles. The monoisotopic (exact) mass is 305 g/mol. The van der Waals surface area contributed by atoms with Crippen LogP contribution in [-0.2, 0) is 5.41 Å². The first-order valence-electron chi connectivity index (χ1n) is 6.45. The van der Waals surface area contributed by atoms with Crippen LogP contribution in [0.3, 0.4) is 0 Å². The van der Waals surface area contributed by atoms with Crippen molar-refractivity contribution in [1.82, 2.24) is 4.98 Å². The number of hydrogen-bond acceptors (Lipinski definition) is 3. The summed E-state index contributed by atoms with van der Waals surface area (Å²) in [6.45, 7) is 6.35. The van der Waals surface area contributed by atoms with Crippen molar-refractivity contribution in [2.75, 3.05) is 0 Å². The van der Waals surface area contributed by atoms with Crippen LogP contribution in [0.4, 0.5) is 0 Å². The van der Waals surface area contributed by atoms with E-state index in [0.29, 0.717) is 5.75 Å². The van der Waals surface area contributed by atoms with Gasteiger partial charge in [0.25, 0.3) is 0 Å². The molecule has 0 fully saturated rings.